The second kappa shape index (κ2) is 7.49. The van der Waals surface area contributed by atoms with Crippen LogP contribution in [0.2, 0.25) is 0 Å². The summed E-state index contributed by atoms with van der Waals surface area (Å²) in [6.45, 7) is 0.787. The molecule has 0 unspecified atom stereocenters. The van der Waals surface area contributed by atoms with Crippen molar-refractivity contribution < 1.29 is 23.8 Å². The Labute approximate surface area is 164 Å². The van der Waals surface area contributed by atoms with E-state index >= 15 is 0 Å². The fourth-order valence-corrected chi connectivity index (χ4v) is 3.39. The molecule has 0 bridgehead atoms. The van der Waals surface area contributed by atoms with E-state index in [9.17, 15) is 9.18 Å². The first-order chi connectivity index (χ1) is 14.0. The van der Waals surface area contributed by atoms with E-state index in [0.717, 1.165) is 0 Å². The molecule has 0 radical (unpaired) electrons. The molecule has 4 rings (SSSR count). The molecule has 1 amide bonds. The maximum Gasteiger partial charge on any atom is 0.407 e. The highest BCUT2D eigenvalue weighted by Gasteiger charge is 2.26. The van der Waals surface area contributed by atoms with Gasteiger partial charge in [0.1, 0.15) is 23.8 Å². The molecule has 1 N–H and O–H groups in total. The van der Waals surface area contributed by atoms with Crippen molar-refractivity contribution >= 4 is 17.1 Å². The van der Waals surface area contributed by atoms with Crippen LogP contribution in [0.1, 0.15) is 12.8 Å². The Balaban J connectivity index is 1.65. The molecule has 10 nitrogen and oxygen atoms in total. The zero-order valence-electron chi connectivity index (χ0n) is 15.9. The molecule has 0 aromatic carbocycles. The van der Waals surface area contributed by atoms with Crippen molar-refractivity contribution in [2.24, 2.45) is 7.05 Å². The zero-order chi connectivity index (χ0) is 20.5. The van der Waals surface area contributed by atoms with Gasteiger partial charge in [-0.05, 0) is 0 Å². The van der Waals surface area contributed by atoms with Crippen LogP contribution in [0.25, 0.3) is 22.3 Å². The highest BCUT2D eigenvalue weighted by atomic mass is 19.1. The van der Waals surface area contributed by atoms with Crippen LogP contribution in [0.3, 0.4) is 0 Å². The Hall–Kier alpha value is -3.50. The van der Waals surface area contributed by atoms with Gasteiger partial charge in [-0.2, -0.15) is 10.1 Å². The summed E-state index contributed by atoms with van der Waals surface area (Å²) in [6, 6.07) is 1.20. The van der Waals surface area contributed by atoms with E-state index in [4.69, 9.17) is 14.6 Å². The van der Waals surface area contributed by atoms with Crippen molar-refractivity contribution in [1.82, 2.24) is 29.6 Å². The number of fused-ring (bicyclic) bond motifs is 1. The van der Waals surface area contributed by atoms with E-state index in [2.05, 4.69) is 20.1 Å². The molecule has 29 heavy (non-hydrogen) atoms. The van der Waals surface area contributed by atoms with Crippen LogP contribution in [0.4, 0.5) is 9.18 Å². The van der Waals surface area contributed by atoms with Crippen LogP contribution in [-0.4, -0.2) is 67.1 Å². The van der Waals surface area contributed by atoms with E-state index in [1.54, 1.807) is 7.05 Å². The van der Waals surface area contributed by atoms with E-state index in [1.807, 2.05) is 0 Å². The quantitative estimate of drug-likeness (QED) is 0.705. The summed E-state index contributed by atoms with van der Waals surface area (Å²) in [7, 11) is 3.09. The van der Waals surface area contributed by atoms with Gasteiger partial charge in [-0.25, -0.2) is 19.2 Å². The van der Waals surface area contributed by atoms with Crippen LogP contribution >= 0.6 is 0 Å². The van der Waals surface area contributed by atoms with Gasteiger partial charge in [-0.3, -0.25) is 4.68 Å². The number of carbonyl (C=O) groups is 1. The van der Waals surface area contributed by atoms with Gasteiger partial charge < -0.3 is 19.5 Å². The van der Waals surface area contributed by atoms with Crippen LogP contribution in [-0.2, 0) is 7.05 Å². The number of aryl methyl sites for hydroxylation is 1. The predicted molar refractivity (Wildman–Crippen MR) is 99.3 cm³/mol. The predicted octanol–water partition coefficient (Wildman–Crippen LogP) is 2.09. The molecule has 1 aliphatic rings. The van der Waals surface area contributed by atoms with Crippen molar-refractivity contribution in [2.75, 3.05) is 20.2 Å². The average molecular weight is 402 g/mol. The Kier molecular flexibility index (Phi) is 4.87. The van der Waals surface area contributed by atoms with Crippen molar-refractivity contribution in [2.45, 2.75) is 18.9 Å². The first-order valence-electron chi connectivity index (χ1n) is 9.00. The number of hydrogen-bond acceptors (Lipinski definition) is 7. The molecule has 1 fully saturated rings. The van der Waals surface area contributed by atoms with Crippen LogP contribution in [0.15, 0.2) is 18.6 Å². The van der Waals surface area contributed by atoms with E-state index in [-0.39, 0.29) is 23.4 Å². The summed E-state index contributed by atoms with van der Waals surface area (Å²) in [5, 5.41) is 13.5. The second-order valence-electron chi connectivity index (χ2n) is 6.64. The van der Waals surface area contributed by atoms with Gasteiger partial charge in [0, 0.05) is 45.2 Å². The number of aromatic nitrogens is 5. The minimum absolute atomic E-state index is 0.170. The lowest BCUT2D eigenvalue weighted by atomic mass is 10.1. The number of ether oxygens (including phenoxy) is 2. The number of pyridine rings is 1. The van der Waals surface area contributed by atoms with E-state index < -0.39 is 11.9 Å². The smallest absolute Gasteiger partial charge is 0.407 e. The highest BCUT2D eigenvalue weighted by molar-refractivity contribution is 5.92. The first-order valence-corrected chi connectivity index (χ1v) is 9.00. The number of nitrogens with zero attached hydrogens (tertiary/aromatic N) is 6. The van der Waals surface area contributed by atoms with E-state index in [0.29, 0.717) is 42.7 Å². The second-order valence-corrected chi connectivity index (χ2v) is 6.64. The van der Waals surface area contributed by atoms with Crippen LogP contribution < -0.4 is 9.47 Å². The molecule has 1 aliphatic heterocycles. The number of likely N-dealkylation sites (tertiary alicyclic amines) is 1. The lowest BCUT2D eigenvalue weighted by Gasteiger charge is -2.29. The van der Waals surface area contributed by atoms with Gasteiger partial charge in [-0.1, -0.05) is 0 Å². The third-order valence-electron chi connectivity index (χ3n) is 4.87. The fraction of sp³-hybridized carbons (Fsp3) is 0.389. The van der Waals surface area contributed by atoms with Gasteiger partial charge in [0.25, 0.3) is 0 Å². The number of methoxy groups -OCH3 is 1. The summed E-state index contributed by atoms with van der Waals surface area (Å²) < 4.78 is 27.0. The molecule has 3 aromatic rings. The first kappa shape index (κ1) is 18.8. The van der Waals surface area contributed by atoms with Gasteiger partial charge in [0.15, 0.2) is 5.52 Å². The Morgan fingerprint density at radius 2 is 2.00 bits per heavy atom. The molecule has 4 heterocycles. The molecule has 1 saturated heterocycles. The summed E-state index contributed by atoms with van der Waals surface area (Å²) in [6.07, 6.45) is 2.69. The van der Waals surface area contributed by atoms with Crippen LogP contribution in [0.5, 0.6) is 11.8 Å². The van der Waals surface area contributed by atoms with Gasteiger partial charge >= 0.3 is 6.09 Å². The lowest BCUT2D eigenvalue weighted by Crippen LogP contribution is -2.41. The lowest BCUT2D eigenvalue weighted by molar-refractivity contribution is 0.0878. The molecular weight excluding hydrogens is 383 g/mol. The largest absolute Gasteiger partial charge is 0.481 e. The summed E-state index contributed by atoms with van der Waals surface area (Å²) in [5.41, 5.74) is 1.52. The monoisotopic (exact) mass is 402 g/mol. The molecule has 0 spiro atoms. The number of carboxylic acid groups (broad SMARTS) is 1. The number of hydrogen-bond donors (Lipinski definition) is 1. The van der Waals surface area contributed by atoms with Crippen molar-refractivity contribution in [1.29, 1.82) is 0 Å². The molecule has 3 aromatic heterocycles. The van der Waals surface area contributed by atoms with Crippen LogP contribution in [0, 0.1) is 5.82 Å². The Morgan fingerprint density at radius 1 is 1.24 bits per heavy atom. The Bertz CT molecular complexity index is 1060. The van der Waals surface area contributed by atoms with Gasteiger partial charge in [-0.15, -0.1) is 0 Å². The molecule has 0 aliphatic carbocycles. The number of amides is 1. The Morgan fingerprint density at radius 3 is 2.66 bits per heavy atom. The van der Waals surface area contributed by atoms with Crippen molar-refractivity contribution in [3.8, 4) is 23.0 Å². The average Bonchev–Trinajstić information content (AvgIpc) is 3.05. The summed E-state index contributed by atoms with van der Waals surface area (Å²) in [4.78, 5) is 24.9. The van der Waals surface area contributed by atoms with E-state index in [1.165, 1.54) is 35.3 Å². The topological polar surface area (TPSA) is 115 Å². The molecule has 0 atom stereocenters. The standard InChI is InChI=1S/C18H19FN6O4/c1-24-16(11-8-20-13(28-2)7-12(11)19)14-15(23-24)17(22-9-21-14)29-10-3-5-25(6-4-10)18(26)27/h7-10H,3-6H2,1-2H3,(H,26,27). The molecule has 11 heteroatoms. The summed E-state index contributed by atoms with van der Waals surface area (Å²) in [5.74, 6) is -0.0551. The third-order valence-corrected chi connectivity index (χ3v) is 4.87. The third kappa shape index (κ3) is 3.50. The number of rotatable bonds is 4. The van der Waals surface area contributed by atoms with Gasteiger partial charge in [0.2, 0.25) is 11.8 Å². The SMILES string of the molecule is COc1cc(F)c(-c2c3ncnc(OC4CCN(C(=O)O)CC4)c3nn2C)cn1. The fourth-order valence-electron chi connectivity index (χ4n) is 3.39. The number of piperidine rings is 1. The normalized spacial score (nSPS) is 14.9. The molecular formula is C18H19FN6O4. The minimum Gasteiger partial charge on any atom is -0.481 e. The maximum absolute atomic E-state index is 14.6. The maximum atomic E-state index is 14.6. The minimum atomic E-state index is -0.933. The zero-order valence-corrected chi connectivity index (χ0v) is 15.9. The van der Waals surface area contributed by atoms with Crippen molar-refractivity contribution in [3.05, 3.63) is 24.4 Å². The molecule has 0 saturated carbocycles. The van der Waals surface area contributed by atoms with Gasteiger partial charge in [0.05, 0.1) is 18.4 Å². The summed E-state index contributed by atoms with van der Waals surface area (Å²) >= 11 is 0. The molecule has 152 valence electrons. The number of halogens is 1. The van der Waals surface area contributed by atoms with Crippen molar-refractivity contribution in [3.63, 3.8) is 0 Å². The highest BCUT2D eigenvalue weighted by Crippen LogP contribution is 2.33.